The molecule has 1 aromatic rings. The molecule has 0 aliphatic carbocycles. The van der Waals surface area contributed by atoms with Gasteiger partial charge in [0.05, 0.1) is 11.2 Å². The Morgan fingerprint density at radius 1 is 1.71 bits per heavy atom. The van der Waals surface area contributed by atoms with Crippen LogP contribution in [0.1, 0.15) is 11.9 Å². The van der Waals surface area contributed by atoms with Crippen LogP contribution in [0.25, 0.3) is 0 Å². The van der Waals surface area contributed by atoms with Crippen molar-refractivity contribution in [2.75, 3.05) is 6.54 Å². The summed E-state index contributed by atoms with van der Waals surface area (Å²) in [5.41, 5.74) is 5.32. The van der Waals surface area contributed by atoms with Crippen molar-refractivity contribution in [2.45, 2.75) is 24.1 Å². The second kappa shape index (κ2) is 4.35. The molecule has 0 aliphatic rings. The maximum atomic E-state index is 11.6. The predicted molar refractivity (Wildman–Crippen MR) is 55.7 cm³/mol. The molecule has 0 amide bonds. The number of sulfonamides is 1. The monoisotopic (exact) mass is 235 g/mol. The summed E-state index contributed by atoms with van der Waals surface area (Å²) in [5.74, 6) is 0. The first-order valence-electron chi connectivity index (χ1n) is 4.10. The molecule has 3 N–H and O–H groups in total. The number of nitrogens with two attached hydrogens (primary N) is 1. The molecule has 0 unspecified atom stereocenters. The van der Waals surface area contributed by atoms with Crippen LogP contribution in [0.4, 0.5) is 0 Å². The third-order valence-electron chi connectivity index (χ3n) is 1.57. The Kier molecular flexibility index (Phi) is 3.59. The van der Waals surface area contributed by atoms with Crippen LogP contribution in [0.2, 0.25) is 0 Å². The van der Waals surface area contributed by atoms with Crippen LogP contribution in [-0.2, 0) is 10.0 Å². The van der Waals surface area contributed by atoms with Gasteiger partial charge < -0.3 is 5.73 Å². The largest absolute Gasteiger partial charge is 0.329 e. The lowest BCUT2D eigenvalue weighted by molar-refractivity contribution is 0.564. The summed E-state index contributed by atoms with van der Waals surface area (Å²) in [4.78, 5) is 3.88. The van der Waals surface area contributed by atoms with Crippen molar-refractivity contribution in [1.29, 1.82) is 0 Å². The maximum absolute atomic E-state index is 11.6. The number of thiazole rings is 1. The fourth-order valence-electron chi connectivity index (χ4n) is 0.837. The van der Waals surface area contributed by atoms with Gasteiger partial charge in [-0.3, -0.25) is 0 Å². The molecule has 0 aromatic carbocycles. The number of nitrogens with one attached hydrogen (secondary N) is 1. The second-order valence-electron chi connectivity index (χ2n) is 2.96. The Morgan fingerprint density at radius 3 is 2.79 bits per heavy atom. The van der Waals surface area contributed by atoms with Gasteiger partial charge in [0.25, 0.3) is 10.0 Å². The first-order chi connectivity index (χ1) is 6.45. The molecule has 0 aliphatic heterocycles. The van der Waals surface area contributed by atoms with Gasteiger partial charge in [0.15, 0.2) is 4.21 Å². The molecule has 14 heavy (non-hydrogen) atoms. The van der Waals surface area contributed by atoms with E-state index in [4.69, 9.17) is 5.73 Å². The molecule has 0 fully saturated rings. The van der Waals surface area contributed by atoms with E-state index in [-0.39, 0.29) is 16.8 Å². The van der Waals surface area contributed by atoms with Gasteiger partial charge in [-0.25, -0.2) is 18.1 Å². The Hall–Kier alpha value is -0.500. The summed E-state index contributed by atoms with van der Waals surface area (Å²) in [5, 5.41) is 0.728. The lowest BCUT2D eigenvalue weighted by Crippen LogP contribution is -2.37. The Bertz CT molecular complexity index is 399. The fourth-order valence-corrected chi connectivity index (χ4v) is 3.22. The van der Waals surface area contributed by atoms with Crippen molar-refractivity contribution >= 4 is 21.4 Å². The molecule has 5 nitrogen and oxygen atoms in total. The minimum Gasteiger partial charge on any atom is -0.329 e. The molecular formula is C7H13N3O2S2. The lowest BCUT2D eigenvalue weighted by atomic mass is 10.4. The Morgan fingerprint density at radius 2 is 2.36 bits per heavy atom. The highest BCUT2D eigenvalue weighted by Gasteiger charge is 2.18. The number of rotatable bonds is 4. The molecule has 1 aromatic heterocycles. The average molecular weight is 235 g/mol. The van der Waals surface area contributed by atoms with E-state index in [1.807, 2.05) is 0 Å². The smallest absolute Gasteiger partial charge is 0.251 e. The van der Waals surface area contributed by atoms with Gasteiger partial charge in [0, 0.05) is 12.6 Å². The fraction of sp³-hybridized carbons (Fsp3) is 0.571. The maximum Gasteiger partial charge on any atom is 0.251 e. The van der Waals surface area contributed by atoms with E-state index in [9.17, 15) is 8.42 Å². The van der Waals surface area contributed by atoms with E-state index in [0.29, 0.717) is 0 Å². The number of aryl methyl sites for hydroxylation is 1. The number of aromatic nitrogens is 1. The summed E-state index contributed by atoms with van der Waals surface area (Å²) in [6.07, 6.45) is 1.35. The summed E-state index contributed by atoms with van der Waals surface area (Å²) in [7, 11) is -3.42. The van der Waals surface area contributed by atoms with Crippen LogP contribution >= 0.6 is 11.3 Å². The van der Waals surface area contributed by atoms with Crippen LogP contribution in [0.5, 0.6) is 0 Å². The minimum atomic E-state index is -3.42. The highest BCUT2D eigenvalue weighted by Crippen LogP contribution is 2.17. The van der Waals surface area contributed by atoms with Crippen LogP contribution < -0.4 is 10.5 Å². The first-order valence-corrected chi connectivity index (χ1v) is 6.40. The van der Waals surface area contributed by atoms with Gasteiger partial charge in [-0.2, -0.15) is 0 Å². The van der Waals surface area contributed by atoms with Gasteiger partial charge in [0.2, 0.25) is 0 Å². The molecule has 7 heteroatoms. The first kappa shape index (κ1) is 11.6. The summed E-state index contributed by atoms with van der Waals surface area (Å²) in [6, 6.07) is -0.262. The molecule has 0 bridgehead atoms. The summed E-state index contributed by atoms with van der Waals surface area (Å²) >= 11 is 1.14. The van der Waals surface area contributed by atoms with Gasteiger partial charge in [0.1, 0.15) is 0 Å². The zero-order valence-corrected chi connectivity index (χ0v) is 9.65. The second-order valence-corrected chi connectivity index (χ2v) is 6.13. The Balaban J connectivity index is 2.86. The lowest BCUT2D eigenvalue weighted by Gasteiger charge is -2.09. The van der Waals surface area contributed by atoms with Gasteiger partial charge in [-0.1, -0.05) is 0 Å². The molecule has 0 saturated carbocycles. The zero-order chi connectivity index (χ0) is 10.8. The van der Waals surface area contributed by atoms with Crippen LogP contribution in [0.3, 0.4) is 0 Å². The highest BCUT2D eigenvalue weighted by molar-refractivity contribution is 7.91. The van der Waals surface area contributed by atoms with Gasteiger partial charge in [-0.15, -0.1) is 11.3 Å². The standard InChI is InChI=1S/C7H13N3O2S2/c1-5(3-8)10-14(11,12)7-4-9-6(2)13-7/h4-5,10H,3,8H2,1-2H3/t5-/m0/s1. The van der Waals surface area contributed by atoms with Crippen LogP contribution in [-0.4, -0.2) is 26.0 Å². The average Bonchev–Trinajstić information content (AvgIpc) is 2.51. The zero-order valence-electron chi connectivity index (χ0n) is 8.02. The molecule has 80 valence electrons. The van der Waals surface area contributed by atoms with E-state index in [2.05, 4.69) is 9.71 Å². The van der Waals surface area contributed by atoms with Crippen molar-refractivity contribution in [3.8, 4) is 0 Å². The number of nitrogens with zero attached hydrogens (tertiary/aromatic N) is 1. The minimum absolute atomic E-state index is 0.232. The molecule has 0 saturated heterocycles. The normalized spacial score (nSPS) is 14.2. The van der Waals surface area contributed by atoms with Crippen LogP contribution in [0.15, 0.2) is 10.4 Å². The van der Waals surface area contributed by atoms with E-state index in [1.165, 1.54) is 6.20 Å². The summed E-state index contributed by atoms with van der Waals surface area (Å²) in [6.45, 7) is 3.75. The topological polar surface area (TPSA) is 85.1 Å². The number of hydrogen-bond donors (Lipinski definition) is 2. The van der Waals surface area contributed by atoms with Crippen molar-refractivity contribution in [3.05, 3.63) is 11.2 Å². The molecule has 1 heterocycles. The highest BCUT2D eigenvalue weighted by atomic mass is 32.2. The third kappa shape index (κ3) is 2.74. The van der Waals surface area contributed by atoms with Gasteiger partial charge >= 0.3 is 0 Å². The van der Waals surface area contributed by atoms with E-state index < -0.39 is 10.0 Å². The molecule has 1 atom stereocenters. The predicted octanol–water partition coefficient (Wildman–Crippen LogP) is 0.0770. The molecule has 1 rings (SSSR count). The number of hydrogen-bond acceptors (Lipinski definition) is 5. The molecular weight excluding hydrogens is 222 g/mol. The van der Waals surface area contributed by atoms with Crippen molar-refractivity contribution in [2.24, 2.45) is 5.73 Å². The third-order valence-corrected chi connectivity index (χ3v) is 4.54. The quantitative estimate of drug-likeness (QED) is 0.774. The molecule has 0 spiro atoms. The summed E-state index contributed by atoms with van der Waals surface area (Å²) < 4.78 is 25.9. The van der Waals surface area contributed by atoms with E-state index in [0.717, 1.165) is 16.3 Å². The van der Waals surface area contributed by atoms with Crippen molar-refractivity contribution in [3.63, 3.8) is 0 Å². The van der Waals surface area contributed by atoms with Crippen LogP contribution in [0, 0.1) is 6.92 Å². The van der Waals surface area contributed by atoms with E-state index in [1.54, 1.807) is 13.8 Å². The Labute approximate surface area is 87.4 Å². The SMILES string of the molecule is Cc1ncc(S(=O)(=O)N[C@@H](C)CN)s1. The molecule has 0 radical (unpaired) electrons. The van der Waals surface area contributed by atoms with Crippen molar-refractivity contribution in [1.82, 2.24) is 9.71 Å². The van der Waals surface area contributed by atoms with Crippen molar-refractivity contribution < 1.29 is 8.42 Å². The van der Waals surface area contributed by atoms with Gasteiger partial charge in [-0.05, 0) is 13.8 Å². The van der Waals surface area contributed by atoms with E-state index >= 15 is 0 Å².